The molecular weight excluding hydrogens is 290 g/mol. The van der Waals surface area contributed by atoms with Gasteiger partial charge < -0.3 is 11.1 Å². The van der Waals surface area contributed by atoms with Crippen LogP contribution in [0.4, 0.5) is 5.82 Å². The standard InChI is InChI=1S/C14H18ClN5O/c1-2-3-6-11(16)14(21)18-12-7-9-20(19-12)13-10(15)5-4-8-17-13/h4-5,7-9,11H,2-3,6,16H2,1H3,(H,18,19,21)/t11-/m0/s1. The Bertz CT molecular complexity index is 613. The third kappa shape index (κ3) is 4.03. The first kappa shape index (κ1) is 15.5. The van der Waals surface area contributed by atoms with Crippen LogP contribution in [-0.4, -0.2) is 26.7 Å². The number of aromatic nitrogens is 3. The van der Waals surface area contributed by atoms with E-state index in [2.05, 4.69) is 22.3 Å². The van der Waals surface area contributed by atoms with Gasteiger partial charge in [0.2, 0.25) is 5.91 Å². The quantitative estimate of drug-likeness (QED) is 0.858. The lowest BCUT2D eigenvalue weighted by molar-refractivity contribution is -0.117. The van der Waals surface area contributed by atoms with Gasteiger partial charge in [-0.05, 0) is 18.6 Å². The van der Waals surface area contributed by atoms with Crippen LogP contribution in [0.3, 0.4) is 0 Å². The summed E-state index contributed by atoms with van der Waals surface area (Å²) in [4.78, 5) is 16.1. The van der Waals surface area contributed by atoms with Crippen molar-refractivity contribution in [3.05, 3.63) is 35.6 Å². The van der Waals surface area contributed by atoms with Crippen molar-refractivity contribution >= 4 is 23.3 Å². The van der Waals surface area contributed by atoms with Gasteiger partial charge >= 0.3 is 0 Å². The van der Waals surface area contributed by atoms with Crippen molar-refractivity contribution in [3.63, 3.8) is 0 Å². The summed E-state index contributed by atoms with van der Waals surface area (Å²) in [5.74, 6) is 0.699. The Kier molecular flexibility index (Phi) is 5.30. The van der Waals surface area contributed by atoms with Crippen LogP contribution < -0.4 is 11.1 Å². The molecule has 0 bridgehead atoms. The van der Waals surface area contributed by atoms with E-state index < -0.39 is 6.04 Å². The number of rotatable bonds is 6. The van der Waals surface area contributed by atoms with E-state index in [4.69, 9.17) is 17.3 Å². The second-order valence-corrected chi connectivity index (χ2v) is 5.10. The lowest BCUT2D eigenvalue weighted by atomic mass is 10.1. The molecule has 0 aliphatic rings. The van der Waals surface area contributed by atoms with Gasteiger partial charge in [-0.1, -0.05) is 31.4 Å². The number of anilines is 1. The number of carbonyl (C=O) groups excluding carboxylic acids is 1. The average molecular weight is 308 g/mol. The molecule has 7 heteroatoms. The molecule has 0 fully saturated rings. The van der Waals surface area contributed by atoms with Crippen molar-refractivity contribution in [1.29, 1.82) is 0 Å². The van der Waals surface area contributed by atoms with Gasteiger partial charge in [0.1, 0.15) is 0 Å². The van der Waals surface area contributed by atoms with Crippen LogP contribution in [0, 0.1) is 0 Å². The van der Waals surface area contributed by atoms with Gasteiger partial charge in [0, 0.05) is 18.5 Å². The molecule has 112 valence electrons. The zero-order valence-electron chi connectivity index (χ0n) is 11.8. The highest BCUT2D eigenvalue weighted by Gasteiger charge is 2.14. The number of hydrogen-bond acceptors (Lipinski definition) is 4. The van der Waals surface area contributed by atoms with Crippen molar-refractivity contribution in [1.82, 2.24) is 14.8 Å². The fourth-order valence-corrected chi connectivity index (χ4v) is 2.04. The van der Waals surface area contributed by atoms with Gasteiger partial charge in [0.05, 0.1) is 11.1 Å². The van der Waals surface area contributed by atoms with Crippen LogP contribution in [0.15, 0.2) is 30.6 Å². The predicted molar refractivity (Wildman–Crippen MR) is 82.5 cm³/mol. The number of pyridine rings is 1. The highest BCUT2D eigenvalue weighted by Crippen LogP contribution is 2.17. The second-order valence-electron chi connectivity index (χ2n) is 4.69. The van der Waals surface area contributed by atoms with Gasteiger partial charge in [-0.2, -0.15) is 0 Å². The Morgan fingerprint density at radius 3 is 3.05 bits per heavy atom. The summed E-state index contributed by atoms with van der Waals surface area (Å²) in [6.45, 7) is 2.06. The van der Waals surface area contributed by atoms with Gasteiger partial charge in [-0.25, -0.2) is 9.67 Å². The van der Waals surface area contributed by atoms with Crippen LogP contribution in [0.1, 0.15) is 26.2 Å². The van der Waals surface area contributed by atoms with Crippen LogP contribution in [-0.2, 0) is 4.79 Å². The Morgan fingerprint density at radius 1 is 1.52 bits per heavy atom. The Morgan fingerprint density at radius 2 is 2.33 bits per heavy atom. The number of unbranched alkanes of at least 4 members (excludes halogenated alkanes) is 1. The molecule has 0 unspecified atom stereocenters. The highest BCUT2D eigenvalue weighted by molar-refractivity contribution is 6.32. The second kappa shape index (κ2) is 7.19. The molecule has 1 amide bonds. The zero-order valence-corrected chi connectivity index (χ0v) is 12.5. The molecule has 0 saturated heterocycles. The minimum atomic E-state index is -0.520. The van der Waals surface area contributed by atoms with E-state index in [0.29, 0.717) is 23.1 Å². The number of halogens is 1. The molecule has 2 aromatic heterocycles. The van der Waals surface area contributed by atoms with Gasteiger partial charge in [-0.15, -0.1) is 5.10 Å². The number of carbonyl (C=O) groups is 1. The summed E-state index contributed by atoms with van der Waals surface area (Å²) >= 11 is 6.05. The third-order valence-corrected chi connectivity index (χ3v) is 3.30. The molecule has 3 N–H and O–H groups in total. The first-order valence-electron chi connectivity index (χ1n) is 6.85. The van der Waals surface area contributed by atoms with E-state index in [1.807, 2.05) is 0 Å². The van der Waals surface area contributed by atoms with Crippen molar-refractivity contribution in [2.45, 2.75) is 32.2 Å². The van der Waals surface area contributed by atoms with Gasteiger partial charge in [-0.3, -0.25) is 4.79 Å². The van der Waals surface area contributed by atoms with Crippen LogP contribution in [0.5, 0.6) is 0 Å². The molecule has 6 nitrogen and oxygen atoms in total. The maximum Gasteiger partial charge on any atom is 0.242 e. The molecule has 1 atom stereocenters. The number of nitrogens with one attached hydrogen (secondary N) is 1. The molecule has 0 aliphatic carbocycles. The van der Waals surface area contributed by atoms with Gasteiger partial charge in [0.15, 0.2) is 11.6 Å². The summed E-state index contributed by atoms with van der Waals surface area (Å²) in [6.07, 6.45) is 5.90. The van der Waals surface area contributed by atoms with Gasteiger partial charge in [0.25, 0.3) is 0 Å². The van der Waals surface area contributed by atoms with E-state index in [0.717, 1.165) is 12.8 Å². The van der Waals surface area contributed by atoms with Crippen molar-refractivity contribution in [3.8, 4) is 5.82 Å². The molecule has 2 rings (SSSR count). The minimum absolute atomic E-state index is 0.235. The normalized spacial score (nSPS) is 12.1. The van der Waals surface area contributed by atoms with Crippen LogP contribution in [0.25, 0.3) is 5.82 Å². The van der Waals surface area contributed by atoms with Crippen LogP contribution >= 0.6 is 11.6 Å². The average Bonchev–Trinajstić information content (AvgIpc) is 2.93. The van der Waals surface area contributed by atoms with E-state index in [1.165, 1.54) is 4.68 Å². The fraction of sp³-hybridized carbons (Fsp3) is 0.357. The summed E-state index contributed by atoms with van der Waals surface area (Å²) in [7, 11) is 0. The minimum Gasteiger partial charge on any atom is -0.320 e. The molecular formula is C14H18ClN5O. The predicted octanol–water partition coefficient (Wildman–Crippen LogP) is 2.38. The summed E-state index contributed by atoms with van der Waals surface area (Å²) in [5, 5.41) is 7.40. The number of amides is 1. The van der Waals surface area contributed by atoms with E-state index in [9.17, 15) is 4.79 Å². The molecule has 2 aromatic rings. The first-order chi connectivity index (χ1) is 10.1. The first-order valence-corrected chi connectivity index (χ1v) is 7.22. The lowest BCUT2D eigenvalue weighted by Crippen LogP contribution is -2.35. The van der Waals surface area contributed by atoms with E-state index in [1.54, 1.807) is 30.6 Å². The monoisotopic (exact) mass is 307 g/mol. The molecule has 2 heterocycles. The maximum absolute atomic E-state index is 11.9. The summed E-state index contributed by atoms with van der Waals surface area (Å²) < 4.78 is 1.51. The topological polar surface area (TPSA) is 85.8 Å². The lowest BCUT2D eigenvalue weighted by Gasteiger charge is -2.09. The van der Waals surface area contributed by atoms with E-state index >= 15 is 0 Å². The Balaban J connectivity index is 2.04. The molecule has 0 radical (unpaired) electrons. The van der Waals surface area contributed by atoms with Crippen LogP contribution in [0.2, 0.25) is 5.02 Å². The fourth-order valence-electron chi connectivity index (χ4n) is 1.83. The Hall–Kier alpha value is -1.92. The van der Waals surface area contributed by atoms with E-state index in [-0.39, 0.29) is 5.91 Å². The SMILES string of the molecule is CCCC[C@H](N)C(=O)Nc1ccn(-c2ncccc2Cl)n1. The molecule has 0 aromatic carbocycles. The number of hydrogen-bond donors (Lipinski definition) is 2. The van der Waals surface area contributed by atoms with Crippen molar-refractivity contribution < 1.29 is 4.79 Å². The molecule has 21 heavy (non-hydrogen) atoms. The number of nitrogens with zero attached hydrogens (tertiary/aromatic N) is 3. The maximum atomic E-state index is 11.9. The number of nitrogens with two attached hydrogens (primary N) is 1. The highest BCUT2D eigenvalue weighted by atomic mass is 35.5. The summed E-state index contributed by atoms with van der Waals surface area (Å²) in [5.41, 5.74) is 5.81. The summed E-state index contributed by atoms with van der Waals surface area (Å²) in [6, 6.07) is 4.62. The largest absolute Gasteiger partial charge is 0.320 e. The Labute approximate surface area is 128 Å². The third-order valence-electron chi connectivity index (χ3n) is 3.00. The zero-order chi connectivity index (χ0) is 15.2. The molecule has 0 spiro atoms. The van der Waals surface area contributed by atoms with Crippen molar-refractivity contribution in [2.75, 3.05) is 5.32 Å². The molecule has 0 aliphatic heterocycles. The smallest absolute Gasteiger partial charge is 0.242 e. The van der Waals surface area contributed by atoms with Crippen molar-refractivity contribution in [2.24, 2.45) is 5.73 Å². The molecule has 0 saturated carbocycles.